The molecule has 0 unspecified atom stereocenters. The van der Waals surface area contributed by atoms with Crippen LogP contribution in [0.2, 0.25) is 0 Å². The molecule has 84 valence electrons. The Kier molecular flexibility index (Phi) is 2.78. The molecule has 2 aromatic rings. The highest BCUT2D eigenvalue weighted by atomic mass is 32.1. The molecular formula is C11H12N2O2S. The molecule has 0 N–H and O–H groups in total. The Balaban J connectivity index is 2.20. The Labute approximate surface area is 96.8 Å². The highest BCUT2D eigenvalue weighted by Crippen LogP contribution is 2.15. The number of hydrogen-bond donors (Lipinski definition) is 0. The zero-order chi connectivity index (χ0) is 11.7. The molecule has 0 atom stereocenters. The Morgan fingerprint density at radius 1 is 1.38 bits per heavy atom. The van der Waals surface area contributed by atoms with Crippen LogP contribution in [0.5, 0.6) is 0 Å². The van der Waals surface area contributed by atoms with Crippen molar-refractivity contribution in [1.29, 1.82) is 0 Å². The zero-order valence-corrected chi connectivity index (χ0v) is 9.95. The second kappa shape index (κ2) is 4.09. The van der Waals surface area contributed by atoms with Gasteiger partial charge in [-0.2, -0.15) is 0 Å². The van der Waals surface area contributed by atoms with Crippen LogP contribution in [-0.2, 0) is 13.6 Å². The fourth-order valence-corrected chi connectivity index (χ4v) is 2.25. The molecule has 0 aliphatic rings. The minimum atomic E-state index is -0.165. The van der Waals surface area contributed by atoms with E-state index in [1.54, 1.807) is 25.5 Å². The molecule has 2 rings (SSSR count). The second-order valence-electron chi connectivity index (χ2n) is 3.65. The van der Waals surface area contributed by atoms with Gasteiger partial charge in [0.15, 0.2) is 5.78 Å². The molecule has 4 nitrogen and oxygen atoms in total. The maximum absolute atomic E-state index is 11.8. The second-order valence-corrected chi connectivity index (χ2v) is 4.94. The lowest BCUT2D eigenvalue weighted by Crippen LogP contribution is -2.24. The molecule has 0 bridgehead atoms. The van der Waals surface area contributed by atoms with E-state index < -0.39 is 0 Å². The monoisotopic (exact) mass is 236 g/mol. The van der Waals surface area contributed by atoms with Crippen molar-refractivity contribution in [3.63, 3.8) is 0 Å². The third kappa shape index (κ3) is 1.99. The average molecular weight is 236 g/mol. The van der Waals surface area contributed by atoms with Crippen LogP contribution in [-0.4, -0.2) is 14.9 Å². The topological polar surface area (TPSA) is 44.0 Å². The van der Waals surface area contributed by atoms with Crippen LogP contribution in [0.15, 0.2) is 29.3 Å². The van der Waals surface area contributed by atoms with Gasteiger partial charge in [-0.3, -0.25) is 9.36 Å². The Bertz CT molecular complexity index is 577. The molecule has 0 amide bonds. The molecule has 0 aromatic carbocycles. The van der Waals surface area contributed by atoms with E-state index in [4.69, 9.17) is 0 Å². The fraction of sp³-hybridized carbons (Fsp3) is 0.273. The molecule has 0 radical (unpaired) electrons. The summed E-state index contributed by atoms with van der Waals surface area (Å²) in [7, 11) is 1.67. The molecule has 0 aliphatic carbocycles. The Hall–Kier alpha value is -1.62. The van der Waals surface area contributed by atoms with Crippen LogP contribution in [0.1, 0.15) is 14.5 Å². The highest BCUT2D eigenvalue weighted by molar-refractivity contribution is 7.14. The largest absolute Gasteiger partial charge is 0.328 e. The lowest BCUT2D eigenvalue weighted by Gasteiger charge is -1.98. The number of aryl methyl sites for hydroxylation is 2. The first kappa shape index (κ1) is 10.9. The number of rotatable bonds is 3. The van der Waals surface area contributed by atoms with Crippen molar-refractivity contribution in [2.24, 2.45) is 7.05 Å². The van der Waals surface area contributed by atoms with Crippen LogP contribution in [0, 0.1) is 6.92 Å². The van der Waals surface area contributed by atoms with Gasteiger partial charge in [0.25, 0.3) is 0 Å². The first-order valence-electron chi connectivity index (χ1n) is 4.89. The van der Waals surface area contributed by atoms with Crippen LogP contribution in [0.25, 0.3) is 0 Å². The molecular weight excluding hydrogens is 224 g/mol. The van der Waals surface area contributed by atoms with Crippen molar-refractivity contribution in [3.05, 3.63) is 44.8 Å². The summed E-state index contributed by atoms with van der Waals surface area (Å²) < 4.78 is 2.87. The van der Waals surface area contributed by atoms with Gasteiger partial charge in [0.1, 0.15) is 0 Å². The van der Waals surface area contributed by atoms with E-state index in [2.05, 4.69) is 0 Å². The summed E-state index contributed by atoms with van der Waals surface area (Å²) in [6, 6.07) is 3.71. The summed E-state index contributed by atoms with van der Waals surface area (Å²) >= 11 is 1.46. The number of carbonyl (C=O) groups is 1. The quantitative estimate of drug-likeness (QED) is 0.757. The maximum Gasteiger partial charge on any atom is 0.328 e. The molecule has 2 aromatic heterocycles. The molecule has 0 aliphatic heterocycles. The molecule has 0 fully saturated rings. The predicted octanol–water partition coefficient (Wildman–Crippen LogP) is 1.44. The van der Waals surface area contributed by atoms with Gasteiger partial charge >= 0.3 is 5.69 Å². The van der Waals surface area contributed by atoms with Crippen molar-refractivity contribution >= 4 is 17.1 Å². The van der Waals surface area contributed by atoms with Crippen molar-refractivity contribution in [1.82, 2.24) is 9.13 Å². The Morgan fingerprint density at radius 3 is 2.62 bits per heavy atom. The molecule has 5 heteroatoms. The molecule has 0 spiro atoms. The number of ketones is 1. The van der Waals surface area contributed by atoms with Gasteiger partial charge in [0.05, 0.1) is 11.4 Å². The number of imidazole rings is 1. The molecule has 0 saturated heterocycles. The summed E-state index contributed by atoms with van der Waals surface area (Å²) in [6.07, 6.45) is 3.27. The maximum atomic E-state index is 11.8. The lowest BCUT2D eigenvalue weighted by molar-refractivity contribution is 0.0974. The summed E-state index contributed by atoms with van der Waals surface area (Å²) in [6.45, 7) is 2.07. The van der Waals surface area contributed by atoms with Crippen molar-refractivity contribution in [3.8, 4) is 0 Å². The lowest BCUT2D eigenvalue weighted by atomic mass is 10.3. The van der Waals surface area contributed by atoms with Crippen molar-refractivity contribution < 1.29 is 4.79 Å². The number of aromatic nitrogens is 2. The highest BCUT2D eigenvalue weighted by Gasteiger charge is 2.10. The summed E-state index contributed by atoms with van der Waals surface area (Å²) in [5, 5.41) is 0. The third-order valence-corrected chi connectivity index (χ3v) is 3.39. The first-order chi connectivity index (χ1) is 7.58. The summed E-state index contributed by atoms with van der Waals surface area (Å²) in [4.78, 5) is 25.2. The number of thiophene rings is 1. The smallest absolute Gasteiger partial charge is 0.302 e. The minimum absolute atomic E-state index is 0.0219. The number of nitrogens with zero attached hydrogens (tertiary/aromatic N) is 2. The molecule has 0 saturated carbocycles. The molecule has 2 heterocycles. The van der Waals surface area contributed by atoms with Gasteiger partial charge in [0, 0.05) is 24.3 Å². The van der Waals surface area contributed by atoms with Gasteiger partial charge in [-0.05, 0) is 19.1 Å². The SMILES string of the molecule is Cc1ccc(C(=O)Cn2ccn(C)c2=O)s1. The Morgan fingerprint density at radius 2 is 2.12 bits per heavy atom. The van der Waals surface area contributed by atoms with Crippen LogP contribution < -0.4 is 5.69 Å². The van der Waals surface area contributed by atoms with Gasteiger partial charge in [-0.15, -0.1) is 11.3 Å². The standard InChI is InChI=1S/C11H12N2O2S/c1-8-3-4-10(16-8)9(14)7-13-6-5-12(2)11(13)15/h3-6H,7H2,1-2H3. The summed E-state index contributed by atoms with van der Waals surface area (Å²) in [5.41, 5.74) is -0.165. The van der Waals surface area contributed by atoms with Crippen molar-refractivity contribution in [2.45, 2.75) is 13.5 Å². The van der Waals surface area contributed by atoms with E-state index in [1.807, 2.05) is 13.0 Å². The van der Waals surface area contributed by atoms with Crippen molar-refractivity contribution in [2.75, 3.05) is 0 Å². The van der Waals surface area contributed by atoms with Gasteiger partial charge in [0.2, 0.25) is 0 Å². The fourth-order valence-electron chi connectivity index (χ4n) is 1.45. The normalized spacial score (nSPS) is 10.6. The minimum Gasteiger partial charge on any atom is -0.302 e. The summed E-state index contributed by atoms with van der Waals surface area (Å²) in [5.74, 6) is -0.0219. The van der Waals surface area contributed by atoms with E-state index in [1.165, 1.54) is 20.5 Å². The number of Topliss-reactive ketones (excluding diaryl/α,β-unsaturated/α-hetero) is 1. The first-order valence-corrected chi connectivity index (χ1v) is 5.71. The van der Waals surface area contributed by atoms with E-state index >= 15 is 0 Å². The van der Waals surface area contributed by atoms with E-state index in [0.717, 1.165) is 4.88 Å². The van der Waals surface area contributed by atoms with Crippen LogP contribution in [0.3, 0.4) is 0 Å². The van der Waals surface area contributed by atoms with E-state index in [9.17, 15) is 9.59 Å². The number of hydrogen-bond acceptors (Lipinski definition) is 3. The van der Waals surface area contributed by atoms with Gasteiger partial charge in [-0.25, -0.2) is 4.79 Å². The van der Waals surface area contributed by atoms with Gasteiger partial charge in [-0.1, -0.05) is 0 Å². The van der Waals surface area contributed by atoms with E-state index in [0.29, 0.717) is 4.88 Å². The average Bonchev–Trinajstić information content (AvgIpc) is 2.79. The predicted molar refractivity (Wildman–Crippen MR) is 63.1 cm³/mol. The number of carbonyl (C=O) groups excluding carboxylic acids is 1. The third-order valence-electron chi connectivity index (χ3n) is 2.35. The molecule has 16 heavy (non-hydrogen) atoms. The van der Waals surface area contributed by atoms with E-state index in [-0.39, 0.29) is 18.0 Å². The van der Waals surface area contributed by atoms with Gasteiger partial charge < -0.3 is 4.57 Å². The van der Waals surface area contributed by atoms with Crippen LogP contribution >= 0.6 is 11.3 Å². The van der Waals surface area contributed by atoms with Crippen LogP contribution in [0.4, 0.5) is 0 Å². The zero-order valence-electron chi connectivity index (χ0n) is 9.14.